The highest BCUT2D eigenvalue weighted by atomic mass is 16.3. The Morgan fingerprint density at radius 2 is 2.28 bits per heavy atom. The number of furan rings is 1. The van der Waals surface area contributed by atoms with Gasteiger partial charge in [-0.25, -0.2) is 0 Å². The Morgan fingerprint density at radius 3 is 3.00 bits per heavy atom. The third kappa shape index (κ3) is 3.66. The molecule has 2 aromatic rings. The number of rotatable bonds is 7. The highest BCUT2D eigenvalue weighted by Crippen LogP contribution is 2.12. The maximum absolute atomic E-state index is 5.21. The summed E-state index contributed by atoms with van der Waals surface area (Å²) in [4.78, 5) is 1.62. The van der Waals surface area contributed by atoms with E-state index < -0.39 is 0 Å². The first-order chi connectivity index (χ1) is 8.75. The second-order valence-electron chi connectivity index (χ2n) is 4.50. The second kappa shape index (κ2) is 6.30. The summed E-state index contributed by atoms with van der Waals surface area (Å²) < 4.78 is 5.21. The summed E-state index contributed by atoms with van der Waals surface area (Å²) in [6.07, 6.45) is 3.75. The van der Waals surface area contributed by atoms with Crippen LogP contribution >= 0.6 is 0 Å². The van der Waals surface area contributed by atoms with Crippen LogP contribution in [-0.4, -0.2) is 32.8 Å². The van der Waals surface area contributed by atoms with Gasteiger partial charge >= 0.3 is 0 Å². The van der Waals surface area contributed by atoms with E-state index >= 15 is 0 Å². The molecule has 6 heteroatoms. The maximum Gasteiger partial charge on any atom is 0.240 e. The molecule has 0 saturated heterocycles. The zero-order valence-electron chi connectivity index (χ0n) is 10.8. The molecule has 2 heterocycles. The van der Waals surface area contributed by atoms with E-state index in [2.05, 4.69) is 34.6 Å². The summed E-state index contributed by atoms with van der Waals surface area (Å²) in [5.74, 6) is 1.20. The highest BCUT2D eigenvalue weighted by molar-refractivity contribution is 5.43. The van der Waals surface area contributed by atoms with Crippen molar-refractivity contribution in [3.63, 3.8) is 0 Å². The van der Waals surface area contributed by atoms with Crippen molar-refractivity contribution in [3.8, 4) is 11.6 Å². The molecular formula is C12H19N5O. The van der Waals surface area contributed by atoms with Gasteiger partial charge in [-0.1, -0.05) is 13.8 Å². The van der Waals surface area contributed by atoms with Crippen LogP contribution in [0.1, 0.15) is 26.7 Å². The molecule has 0 aromatic carbocycles. The van der Waals surface area contributed by atoms with E-state index in [0.29, 0.717) is 17.6 Å². The van der Waals surface area contributed by atoms with Gasteiger partial charge in [-0.15, -0.1) is 10.2 Å². The van der Waals surface area contributed by atoms with E-state index in [0.717, 1.165) is 25.9 Å². The minimum atomic E-state index is 0.542. The predicted octanol–water partition coefficient (Wildman–Crippen LogP) is 1.71. The first-order valence-electron chi connectivity index (χ1n) is 6.31. The lowest BCUT2D eigenvalue weighted by Crippen LogP contribution is -2.23. The maximum atomic E-state index is 5.21. The topological polar surface area (TPSA) is 68.8 Å². The van der Waals surface area contributed by atoms with Crippen LogP contribution in [0.15, 0.2) is 22.8 Å². The Bertz CT molecular complexity index is 449. The van der Waals surface area contributed by atoms with Gasteiger partial charge in [0.25, 0.3) is 0 Å². The third-order valence-corrected chi connectivity index (χ3v) is 2.53. The summed E-state index contributed by atoms with van der Waals surface area (Å²) >= 11 is 0. The van der Waals surface area contributed by atoms with Crippen molar-refractivity contribution in [2.24, 2.45) is 0 Å². The number of aryl methyl sites for hydroxylation is 1. The molecule has 0 aliphatic rings. The molecule has 18 heavy (non-hydrogen) atoms. The molecule has 0 atom stereocenters. The molecule has 0 aliphatic carbocycles. The number of hydrogen-bond donors (Lipinski definition) is 1. The number of hydrogen-bond acceptors (Lipinski definition) is 5. The Balaban J connectivity index is 1.74. The van der Waals surface area contributed by atoms with E-state index in [9.17, 15) is 0 Å². The van der Waals surface area contributed by atoms with Crippen molar-refractivity contribution in [3.05, 3.63) is 18.4 Å². The van der Waals surface area contributed by atoms with Crippen molar-refractivity contribution >= 4 is 0 Å². The minimum absolute atomic E-state index is 0.542. The lowest BCUT2D eigenvalue weighted by Gasteiger charge is -2.06. The molecule has 0 amide bonds. The number of tetrazole rings is 1. The third-order valence-electron chi connectivity index (χ3n) is 2.53. The van der Waals surface area contributed by atoms with Crippen molar-refractivity contribution in [2.75, 3.05) is 6.54 Å². The average Bonchev–Trinajstić information content (AvgIpc) is 2.98. The number of aromatic nitrogens is 4. The van der Waals surface area contributed by atoms with Gasteiger partial charge in [0.1, 0.15) is 0 Å². The first kappa shape index (κ1) is 12.8. The molecular weight excluding hydrogens is 230 g/mol. The van der Waals surface area contributed by atoms with E-state index in [1.54, 1.807) is 11.1 Å². The molecule has 0 bridgehead atoms. The van der Waals surface area contributed by atoms with Gasteiger partial charge in [-0.05, 0) is 36.7 Å². The summed E-state index contributed by atoms with van der Waals surface area (Å²) in [5, 5.41) is 15.6. The average molecular weight is 249 g/mol. The first-order valence-corrected chi connectivity index (χ1v) is 6.31. The summed E-state index contributed by atoms with van der Waals surface area (Å²) in [5.41, 5.74) is 0. The lowest BCUT2D eigenvalue weighted by molar-refractivity contribution is 0.470. The smallest absolute Gasteiger partial charge is 0.240 e. The van der Waals surface area contributed by atoms with Crippen LogP contribution in [0.4, 0.5) is 0 Å². The van der Waals surface area contributed by atoms with Gasteiger partial charge in [0.2, 0.25) is 5.82 Å². The van der Waals surface area contributed by atoms with Gasteiger partial charge in [-0.3, -0.25) is 0 Å². The van der Waals surface area contributed by atoms with Gasteiger partial charge < -0.3 is 9.73 Å². The van der Waals surface area contributed by atoms with E-state index in [1.165, 1.54) is 0 Å². The van der Waals surface area contributed by atoms with Crippen molar-refractivity contribution in [1.29, 1.82) is 0 Å². The SMILES string of the molecule is CC(C)NCCCCn1nnc(-c2ccco2)n1. The normalized spacial score (nSPS) is 11.3. The zero-order valence-corrected chi connectivity index (χ0v) is 10.8. The molecule has 98 valence electrons. The monoisotopic (exact) mass is 249 g/mol. The molecule has 0 unspecified atom stereocenters. The molecule has 0 saturated carbocycles. The van der Waals surface area contributed by atoms with Gasteiger partial charge in [-0.2, -0.15) is 4.80 Å². The van der Waals surface area contributed by atoms with Crippen LogP contribution < -0.4 is 5.32 Å². The molecule has 0 fully saturated rings. The molecule has 0 spiro atoms. The number of nitrogens with one attached hydrogen (secondary N) is 1. The number of nitrogens with zero attached hydrogens (tertiary/aromatic N) is 4. The lowest BCUT2D eigenvalue weighted by atomic mass is 10.3. The Kier molecular flexibility index (Phi) is 4.46. The van der Waals surface area contributed by atoms with E-state index in [-0.39, 0.29) is 0 Å². The molecule has 1 N–H and O–H groups in total. The quantitative estimate of drug-likeness (QED) is 0.756. The largest absolute Gasteiger partial charge is 0.461 e. The number of unbranched alkanes of at least 4 members (excludes halogenated alkanes) is 1. The van der Waals surface area contributed by atoms with Gasteiger partial charge in [0.05, 0.1) is 12.8 Å². The van der Waals surface area contributed by atoms with Crippen molar-refractivity contribution < 1.29 is 4.42 Å². The van der Waals surface area contributed by atoms with Crippen LogP contribution in [-0.2, 0) is 6.54 Å². The zero-order chi connectivity index (χ0) is 12.8. The molecule has 0 aliphatic heterocycles. The molecule has 6 nitrogen and oxygen atoms in total. The van der Waals surface area contributed by atoms with Crippen LogP contribution in [0.5, 0.6) is 0 Å². The van der Waals surface area contributed by atoms with Crippen molar-refractivity contribution in [2.45, 2.75) is 39.3 Å². The summed E-state index contributed by atoms with van der Waals surface area (Å²) in [6.45, 7) is 6.11. The van der Waals surface area contributed by atoms with Crippen LogP contribution in [0, 0.1) is 0 Å². The van der Waals surface area contributed by atoms with E-state index in [4.69, 9.17) is 4.42 Å². The van der Waals surface area contributed by atoms with Gasteiger partial charge in [0.15, 0.2) is 5.76 Å². The predicted molar refractivity (Wildman–Crippen MR) is 67.9 cm³/mol. The van der Waals surface area contributed by atoms with Gasteiger partial charge in [0, 0.05) is 6.04 Å². The van der Waals surface area contributed by atoms with Crippen LogP contribution in [0.2, 0.25) is 0 Å². The Labute approximate surface area is 106 Å². The Hall–Kier alpha value is -1.69. The Morgan fingerprint density at radius 1 is 1.39 bits per heavy atom. The highest BCUT2D eigenvalue weighted by Gasteiger charge is 2.07. The summed E-state index contributed by atoms with van der Waals surface area (Å²) in [6, 6.07) is 4.18. The molecule has 0 radical (unpaired) electrons. The standard InChI is InChI=1S/C12H19N5O/c1-10(2)13-7-3-4-8-17-15-12(14-16-17)11-6-5-9-18-11/h5-6,9-10,13H,3-4,7-8H2,1-2H3. The summed E-state index contributed by atoms with van der Waals surface area (Å²) in [7, 11) is 0. The van der Waals surface area contributed by atoms with Crippen LogP contribution in [0.25, 0.3) is 11.6 Å². The van der Waals surface area contributed by atoms with Crippen LogP contribution in [0.3, 0.4) is 0 Å². The fraction of sp³-hybridized carbons (Fsp3) is 0.583. The fourth-order valence-electron chi connectivity index (χ4n) is 1.61. The molecule has 2 rings (SSSR count). The van der Waals surface area contributed by atoms with Crippen molar-refractivity contribution in [1.82, 2.24) is 25.5 Å². The second-order valence-corrected chi connectivity index (χ2v) is 4.50. The fourth-order valence-corrected chi connectivity index (χ4v) is 1.61. The molecule has 2 aromatic heterocycles. The van der Waals surface area contributed by atoms with E-state index in [1.807, 2.05) is 12.1 Å². The minimum Gasteiger partial charge on any atom is -0.461 e.